The van der Waals surface area contributed by atoms with Gasteiger partial charge >= 0.3 is 0 Å². The molecule has 0 amide bonds. The molecule has 1 aliphatic heterocycles. The van der Waals surface area contributed by atoms with Crippen LogP contribution in [0.15, 0.2) is 59.1 Å². The summed E-state index contributed by atoms with van der Waals surface area (Å²) in [5.41, 5.74) is 3.31. The van der Waals surface area contributed by atoms with Crippen LogP contribution in [0.1, 0.15) is 38.1 Å². The van der Waals surface area contributed by atoms with Crippen molar-refractivity contribution in [3.8, 4) is 11.4 Å². The predicted octanol–water partition coefficient (Wildman–Crippen LogP) is 4.90. The first-order valence-corrected chi connectivity index (χ1v) is 9.30. The molecule has 0 radical (unpaired) electrons. The number of nitrogens with zero attached hydrogens (tertiary/aromatic N) is 3. The van der Waals surface area contributed by atoms with Crippen LogP contribution < -0.4 is 10.2 Å². The van der Waals surface area contributed by atoms with E-state index in [1.54, 1.807) is 0 Å². The number of nitrogens with one attached hydrogen (secondary N) is 1. The maximum absolute atomic E-state index is 5.44. The Balaban J connectivity index is 1.41. The SMILES string of the molecule is C[C@@H](Nc1ccc(N2CCCCC2)cc1)c1nc(-c2ccccc2)no1. The number of anilines is 2. The predicted molar refractivity (Wildman–Crippen MR) is 104 cm³/mol. The lowest BCUT2D eigenvalue weighted by Crippen LogP contribution is -2.29. The van der Waals surface area contributed by atoms with Crippen LogP contribution in [0.3, 0.4) is 0 Å². The summed E-state index contributed by atoms with van der Waals surface area (Å²) in [7, 11) is 0. The lowest BCUT2D eigenvalue weighted by molar-refractivity contribution is 0.368. The Morgan fingerprint density at radius 1 is 0.962 bits per heavy atom. The van der Waals surface area contributed by atoms with Gasteiger partial charge in [0.25, 0.3) is 0 Å². The monoisotopic (exact) mass is 348 g/mol. The van der Waals surface area contributed by atoms with E-state index >= 15 is 0 Å². The van der Waals surface area contributed by atoms with Gasteiger partial charge in [0.05, 0.1) is 0 Å². The number of rotatable bonds is 5. The van der Waals surface area contributed by atoms with Crippen LogP contribution in [-0.4, -0.2) is 23.2 Å². The standard InChI is InChI=1S/C21H24N4O/c1-16(21-23-20(24-26-21)17-8-4-2-5-9-17)22-18-10-12-19(13-11-18)25-14-6-3-7-15-25/h2,4-5,8-13,16,22H,3,6-7,14-15H2,1H3/t16-/m1/s1. The van der Waals surface area contributed by atoms with E-state index in [9.17, 15) is 0 Å². The Bertz CT molecular complexity index is 823. The van der Waals surface area contributed by atoms with E-state index in [1.807, 2.05) is 37.3 Å². The van der Waals surface area contributed by atoms with Crippen LogP contribution in [0, 0.1) is 0 Å². The molecule has 0 unspecified atom stereocenters. The number of hydrogen-bond acceptors (Lipinski definition) is 5. The molecule has 5 nitrogen and oxygen atoms in total. The third kappa shape index (κ3) is 3.72. The van der Waals surface area contributed by atoms with Crippen molar-refractivity contribution in [3.63, 3.8) is 0 Å². The average molecular weight is 348 g/mol. The summed E-state index contributed by atoms with van der Waals surface area (Å²) in [6, 6.07) is 18.4. The summed E-state index contributed by atoms with van der Waals surface area (Å²) in [4.78, 5) is 6.98. The summed E-state index contributed by atoms with van der Waals surface area (Å²) < 4.78 is 5.44. The minimum Gasteiger partial charge on any atom is -0.374 e. The van der Waals surface area contributed by atoms with Gasteiger partial charge < -0.3 is 14.7 Å². The zero-order chi connectivity index (χ0) is 17.8. The van der Waals surface area contributed by atoms with Gasteiger partial charge in [-0.15, -0.1) is 0 Å². The Labute approximate surface area is 154 Å². The van der Waals surface area contributed by atoms with E-state index in [1.165, 1.54) is 24.9 Å². The molecule has 2 heterocycles. The number of hydrogen-bond donors (Lipinski definition) is 1. The van der Waals surface area contributed by atoms with E-state index in [-0.39, 0.29) is 6.04 Å². The molecule has 0 spiro atoms. The maximum Gasteiger partial charge on any atom is 0.249 e. The van der Waals surface area contributed by atoms with E-state index in [2.05, 4.69) is 44.6 Å². The summed E-state index contributed by atoms with van der Waals surface area (Å²) in [5.74, 6) is 1.21. The van der Waals surface area contributed by atoms with Gasteiger partial charge in [-0.3, -0.25) is 0 Å². The molecule has 1 saturated heterocycles. The molecule has 0 aliphatic carbocycles. The van der Waals surface area contributed by atoms with Gasteiger partial charge in [0.1, 0.15) is 6.04 Å². The lowest BCUT2D eigenvalue weighted by atomic mass is 10.1. The normalized spacial score (nSPS) is 15.7. The van der Waals surface area contributed by atoms with Crippen molar-refractivity contribution < 1.29 is 4.52 Å². The second-order valence-electron chi connectivity index (χ2n) is 6.78. The highest BCUT2D eigenvalue weighted by Gasteiger charge is 2.16. The molecule has 0 saturated carbocycles. The highest BCUT2D eigenvalue weighted by molar-refractivity contribution is 5.56. The Morgan fingerprint density at radius 2 is 1.69 bits per heavy atom. The summed E-state index contributed by atoms with van der Waals surface area (Å²) >= 11 is 0. The summed E-state index contributed by atoms with van der Waals surface area (Å²) in [6.07, 6.45) is 3.93. The van der Waals surface area contributed by atoms with Crippen molar-refractivity contribution in [3.05, 3.63) is 60.5 Å². The zero-order valence-electron chi connectivity index (χ0n) is 15.1. The van der Waals surface area contributed by atoms with Gasteiger partial charge in [-0.1, -0.05) is 35.5 Å². The van der Waals surface area contributed by atoms with E-state index in [0.717, 1.165) is 24.3 Å². The van der Waals surface area contributed by atoms with Gasteiger partial charge in [-0.05, 0) is 50.5 Å². The topological polar surface area (TPSA) is 54.2 Å². The van der Waals surface area contributed by atoms with Crippen molar-refractivity contribution in [2.45, 2.75) is 32.2 Å². The molecular formula is C21H24N4O. The maximum atomic E-state index is 5.44. The fourth-order valence-electron chi connectivity index (χ4n) is 3.35. The summed E-state index contributed by atoms with van der Waals surface area (Å²) in [6.45, 7) is 4.35. The fourth-order valence-corrected chi connectivity index (χ4v) is 3.35. The number of piperidine rings is 1. The van der Waals surface area contributed by atoms with Crippen molar-refractivity contribution in [2.24, 2.45) is 0 Å². The van der Waals surface area contributed by atoms with Crippen molar-refractivity contribution in [2.75, 3.05) is 23.3 Å². The Kier molecular flexibility index (Phi) is 4.86. The largest absolute Gasteiger partial charge is 0.374 e. The van der Waals surface area contributed by atoms with E-state index in [4.69, 9.17) is 4.52 Å². The van der Waals surface area contributed by atoms with Crippen LogP contribution in [0.2, 0.25) is 0 Å². The first-order valence-electron chi connectivity index (χ1n) is 9.30. The smallest absolute Gasteiger partial charge is 0.249 e. The minimum absolute atomic E-state index is 0.0548. The Hall–Kier alpha value is -2.82. The molecular weight excluding hydrogens is 324 g/mol. The van der Waals surface area contributed by atoms with Crippen LogP contribution in [0.25, 0.3) is 11.4 Å². The molecule has 5 heteroatoms. The molecule has 0 bridgehead atoms. The zero-order valence-corrected chi connectivity index (χ0v) is 15.1. The highest BCUT2D eigenvalue weighted by Crippen LogP contribution is 2.25. The molecule has 2 aromatic carbocycles. The van der Waals surface area contributed by atoms with Crippen LogP contribution >= 0.6 is 0 Å². The van der Waals surface area contributed by atoms with Crippen molar-refractivity contribution >= 4 is 11.4 Å². The highest BCUT2D eigenvalue weighted by atomic mass is 16.5. The first-order chi connectivity index (χ1) is 12.8. The fraction of sp³-hybridized carbons (Fsp3) is 0.333. The summed E-state index contributed by atoms with van der Waals surface area (Å²) in [5, 5.41) is 7.53. The van der Waals surface area contributed by atoms with Crippen LogP contribution in [-0.2, 0) is 0 Å². The number of aromatic nitrogens is 2. The van der Waals surface area contributed by atoms with E-state index < -0.39 is 0 Å². The Morgan fingerprint density at radius 3 is 2.42 bits per heavy atom. The molecule has 1 fully saturated rings. The van der Waals surface area contributed by atoms with Crippen molar-refractivity contribution in [1.29, 1.82) is 0 Å². The molecule has 1 aromatic heterocycles. The molecule has 1 aliphatic rings. The lowest BCUT2D eigenvalue weighted by Gasteiger charge is -2.29. The average Bonchev–Trinajstić information content (AvgIpc) is 3.20. The molecule has 1 atom stereocenters. The third-order valence-corrected chi connectivity index (χ3v) is 4.82. The van der Waals surface area contributed by atoms with Crippen LogP contribution in [0.4, 0.5) is 11.4 Å². The molecule has 3 aromatic rings. The number of benzene rings is 2. The van der Waals surface area contributed by atoms with Gasteiger partial charge in [0, 0.05) is 30.0 Å². The second-order valence-corrected chi connectivity index (χ2v) is 6.78. The minimum atomic E-state index is -0.0548. The second kappa shape index (κ2) is 7.60. The molecule has 26 heavy (non-hydrogen) atoms. The molecule has 4 rings (SSSR count). The van der Waals surface area contributed by atoms with Gasteiger partial charge in [0.2, 0.25) is 11.7 Å². The first kappa shape index (κ1) is 16.6. The van der Waals surface area contributed by atoms with Gasteiger partial charge in [-0.25, -0.2) is 0 Å². The quantitative estimate of drug-likeness (QED) is 0.711. The van der Waals surface area contributed by atoms with Crippen molar-refractivity contribution in [1.82, 2.24) is 10.1 Å². The van der Waals surface area contributed by atoms with Crippen LogP contribution in [0.5, 0.6) is 0 Å². The molecule has 1 N–H and O–H groups in total. The van der Waals surface area contributed by atoms with E-state index in [0.29, 0.717) is 11.7 Å². The van der Waals surface area contributed by atoms with Gasteiger partial charge in [-0.2, -0.15) is 4.98 Å². The third-order valence-electron chi connectivity index (χ3n) is 4.82. The van der Waals surface area contributed by atoms with Gasteiger partial charge in [0.15, 0.2) is 0 Å². The molecule has 134 valence electrons.